The van der Waals surface area contributed by atoms with Gasteiger partial charge in [0.15, 0.2) is 0 Å². The van der Waals surface area contributed by atoms with Crippen molar-refractivity contribution in [2.24, 2.45) is 0 Å². The van der Waals surface area contributed by atoms with Crippen LogP contribution in [0.3, 0.4) is 0 Å². The van der Waals surface area contributed by atoms with Crippen LogP contribution in [-0.4, -0.2) is 9.85 Å². The molecule has 24 heavy (non-hydrogen) atoms. The van der Waals surface area contributed by atoms with Gasteiger partial charge in [0.2, 0.25) is 0 Å². The number of nitro benzene ring substituents is 2. The van der Waals surface area contributed by atoms with Gasteiger partial charge in [-0.3, -0.25) is 20.2 Å². The van der Waals surface area contributed by atoms with E-state index in [1.165, 1.54) is 30.3 Å². The Balaban J connectivity index is 2.49. The van der Waals surface area contributed by atoms with E-state index in [1.54, 1.807) is 18.2 Å². The molecule has 1 aliphatic rings. The second-order valence-corrected chi connectivity index (χ2v) is 4.92. The van der Waals surface area contributed by atoms with Crippen molar-refractivity contribution in [1.82, 2.24) is 0 Å². The fourth-order valence-electron chi connectivity index (χ4n) is 2.81. The maximum atomic E-state index is 11.3. The molecular formula is C16H6N4O4. The van der Waals surface area contributed by atoms with Gasteiger partial charge in [-0.1, -0.05) is 12.1 Å². The summed E-state index contributed by atoms with van der Waals surface area (Å²) in [6.45, 7) is 0. The molecule has 3 rings (SSSR count). The van der Waals surface area contributed by atoms with Gasteiger partial charge in [-0.25, -0.2) is 0 Å². The lowest BCUT2D eigenvalue weighted by Gasteiger charge is -2.02. The van der Waals surface area contributed by atoms with E-state index in [2.05, 4.69) is 0 Å². The average Bonchev–Trinajstić information content (AvgIpc) is 2.90. The molecule has 2 aromatic rings. The van der Waals surface area contributed by atoms with Crippen molar-refractivity contribution in [2.75, 3.05) is 0 Å². The van der Waals surface area contributed by atoms with E-state index < -0.39 is 9.85 Å². The molecule has 0 saturated heterocycles. The van der Waals surface area contributed by atoms with Crippen molar-refractivity contribution >= 4 is 16.9 Å². The summed E-state index contributed by atoms with van der Waals surface area (Å²) >= 11 is 0. The van der Waals surface area contributed by atoms with Crippen LogP contribution in [0, 0.1) is 42.9 Å². The summed E-state index contributed by atoms with van der Waals surface area (Å²) in [7, 11) is 0. The van der Waals surface area contributed by atoms with Crippen LogP contribution in [-0.2, 0) is 0 Å². The van der Waals surface area contributed by atoms with Crippen LogP contribution in [0.25, 0.3) is 16.7 Å². The lowest BCUT2D eigenvalue weighted by molar-refractivity contribution is -0.385. The molecule has 0 heterocycles. The van der Waals surface area contributed by atoms with Crippen LogP contribution in [0.5, 0.6) is 0 Å². The highest BCUT2D eigenvalue weighted by atomic mass is 16.6. The van der Waals surface area contributed by atoms with Crippen molar-refractivity contribution in [3.63, 3.8) is 0 Å². The van der Waals surface area contributed by atoms with Crippen LogP contribution in [0.1, 0.15) is 11.1 Å². The summed E-state index contributed by atoms with van der Waals surface area (Å²) in [6, 6.07) is 11.7. The Morgan fingerprint density at radius 1 is 0.917 bits per heavy atom. The number of fused-ring (bicyclic) bond motifs is 3. The third-order valence-electron chi connectivity index (χ3n) is 3.73. The highest BCUT2D eigenvalue weighted by Gasteiger charge is 2.33. The molecular weight excluding hydrogens is 312 g/mol. The predicted molar refractivity (Wildman–Crippen MR) is 82.4 cm³/mol. The van der Waals surface area contributed by atoms with Gasteiger partial charge in [0.25, 0.3) is 11.4 Å². The number of allylic oxidation sites excluding steroid dienone is 1. The highest BCUT2D eigenvalue weighted by Crippen LogP contribution is 2.50. The number of nitro groups is 2. The number of nitriles is 2. The van der Waals surface area contributed by atoms with Crippen molar-refractivity contribution in [3.05, 3.63) is 73.3 Å². The lowest BCUT2D eigenvalue weighted by atomic mass is 9.99. The second kappa shape index (κ2) is 5.30. The maximum Gasteiger partial charge on any atom is 0.277 e. The summed E-state index contributed by atoms with van der Waals surface area (Å²) < 4.78 is 0. The fraction of sp³-hybridized carbons (Fsp3) is 0. The van der Waals surface area contributed by atoms with Crippen molar-refractivity contribution in [3.8, 4) is 23.3 Å². The van der Waals surface area contributed by atoms with E-state index in [1.807, 2.05) is 0 Å². The summed E-state index contributed by atoms with van der Waals surface area (Å²) in [5, 5.41) is 40.7. The van der Waals surface area contributed by atoms with E-state index in [-0.39, 0.29) is 33.6 Å². The number of nitrogens with zero attached hydrogens (tertiary/aromatic N) is 4. The van der Waals surface area contributed by atoms with Crippen LogP contribution < -0.4 is 0 Å². The summed E-state index contributed by atoms with van der Waals surface area (Å²) in [4.78, 5) is 21.2. The third kappa shape index (κ3) is 1.99. The summed E-state index contributed by atoms with van der Waals surface area (Å²) in [5.74, 6) is 0. The van der Waals surface area contributed by atoms with Crippen molar-refractivity contribution in [1.29, 1.82) is 10.5 Å². The van der Waals surface area contributed by atoms with Crippen LogP contribution in [0.2, 0.25) is 0 Å². The van der Waals surface area contributed by atoms with E-state index in [0.29, 0.717) is 11.1 Å². The first-order valence-corrected chi connectivity index (χ1v) is 6.61. The Bertz CT molecular complexity index is 1030. The van der Waals surface area contributed by atoms with Gasteiger partial charge in [-0.15, -0.1) is 0 Å². The van der Waals surface area contributed by atoms with Gasteiger partial charge >= 0.3 is 0 Å². The Kier molecular flexibility index (Phi) is 3.29. The number of benzene rings is 2. The van der Waals surface area contributed by atoms with Crippen LogP contribution in [0.15, 0.2) is 42.0 Å². The van der Waals surface area contributed by atoms with Crippen molar-refractivity contribution in [2.45, 2.75) is 0 Å². The molecule has 0 atom stereocenters. The molecule has 0 aromatic heterocycles. The largest absolute Gasteiger partial charge is 0.277 e. The SMILES string of the molecule is N#CC(C#N)=C1c2cc([N+](=O)[O-])ccc2-c2c1cccc2[N+](=O)[O-]. The first-order chi connectivity index (χ1) is 11.5. The van der Waals surface area contributed by atoms with Crippen LogP contribution in [0.4, 0.5) is 11.4 Å². The van der Waals surface area contributed by atoms with E-state index in [0.717, 1.165) is 0 Å². The zero-order chi connectivity index (χ0) is 17.4. The zero-order valence-electron chi connectivity index (χ0n) is 11.9. The smallest absolute Gasteiger partial charge is 0.258 e. The average molecular weight is 318 g/mol. The Morgan fingerprint density at radius 3 is 2.21 bits per heavy atom. The molecule has 0 amide bonds. The molecule has 0 aliphatic heterocycles. The standard InChI is InChI=1S/C16H6N4O4/c17-7-9(8-18)15-12-2-1-3-14(20(23)24)16(12)11-5-4-10(19(21)22)6-13(11)15/h1-6H. The zero-order valence-corrected chi connectivity index (χ0v) is 11.9. The topological polar surface area (TPSA) is 134 Å². The molecule has 8 heteroatoms. The molecule has 0 saturated carbocycles. The first-order valence-electron chi connectivity index (χ1n) is 6.61. The molecule has 0 fully saturated rings. The molecule has 0 unspecified atom stereocenters. The molecule has 8 nitrogen and oxygen atoms in total. The molecule has 0 spiro atoms. The molecule has 0 radical (unpaired) electrons. The third-order valence-corrected chi connectivity index (χ3v) is 3.73. The molecule has 1 aliphatic carbocycles. The monoisotopic (exact) mass is 318 g/mol. The number of hydrogen-bond acceptors (Lipinski definition) is 6. The van der Waals surface area contributed by atoms with E-state index >= 15 is 0 Å². The summed E-state index contributed by atoms with van der Waals surface area (Å²) in [6.07, 6.45) is 0. The van der Waals surface area contributed by atoms with E-state index in [4.69, 9.17) is 0 Å². The Hall–Kier alpha value is -4.04. The van der Waals surface area contributed by atoms with E-state index in [9.17, 15) is 30.8 Å². The normalized spacial score (nSPS) is 11.0. The van der Waals surface area contributed by atoms with Gasteiger partial charge in [0.05, 0.1) is 15.4 Å². The van der Waals surface area contributed by atoms with Gasteiger partial charge in [0, 0.05) is 23.8 Å². The maximum absolute atomic E-state index is 11.3. The van der Waals surface area contributed by atoms with Crippen molar-refractivity contribution < 1.29 is 9.85 Å². The molecule has 0 bridgehead atoms. The van der Waals surface area contributed by atoms with Gasteiger partial charge in [-0.05, 0) is 22.8 Å². The summed E-state index contributed by atoms with van der Waals surface area (Å²) in [5.41, 5.74) is 0.772. The lowest BCUT2D eigenvalue weighted by Crippen LogP contribution is -1.92. The van der Waals surface area contributed by atoms with Gasteiger partial charge in [-0.2, -0.15) is 10.5 Å². The number of rotatable bonds is 2. The second-order valence-electron chi connectivity index (χ2n) is 4.92. The molecule has 0 N–H and O–H groups in total. The Morgan fingerprint density at radius 2 is 1.62 bits per heavy atom. The minimum Gasteiger partial charge on any atom is -0.258 e. The fourth-order valence-corrected chi connectivity index (χ4v) is 2.81. The highest BCUT2D eigenvalue weighted by molar-refractivity contribution is 6.07. The predicted octanol–water partition coefficient (Wildman–Crippen LogP) is 3.33. The minimum atomic E-state index is -0.603. The molecule has 2 aromatic carbocycles. The van der Waals surface area contributed by atoms with Gasteiger partial charge in [0.1, 0.15) is 17.7 Å². The Labute approximate surface area is 134 Å². The molecule has 114 valence electrons. The van der Waals surface area contributed by atoms with Crippen LogP contribution >= 0.6 is 0 Å². The minimum absolute atomic E-state index is 0.178. The van der Waals surface area contributed by atoms with Gasteiger partial charge < -0.3 is 0 Å². The number of non-ortho nitro benzene ring substituents is 1. The quantitative estimate of drug-likeness (QED) is 0.404. The number of hydrogen-bond donors (Lipinski definition) is 0. The first kappa shape index (κ1) is 14.9.